The maximum absolute atomic E-state index is 13.0. The molecule has 0 radical (unpaired) electrons. The number of nitrogens with one attached hydrogen (secondary N) is 1. The first-order valence-corrected chi connectivity index (χ1v) is 10.3. The average Bonchev–Trinajstić information content (AvgIpc) is 3.15. The van der Waals surface area contributed by atoms with Crippen molar-refractivity contribution in [1.29, 1.82) is 0 Å². The molecule has 3 N–H and O–H groups in total. The minimum atomic E-state index is -3.89. The largest absolute Gasteiger partial charge is 0.339 e. The monoisotopic (exact) mass is 418 g/mol. The number of carbonyl (C=O) groups is 1. The van der Waals surface area contributed by atoms with Crippen LogP contribution in [0.1, 0.15) is 24.8 Å². The molecular weight excluding hydrogens is 399 g/mol. The van der Waals surface area contributed by atoms with E-state index in [9.17, 15) is 17.6 Å². The van der Waals surface area contributed by atoms with Crippen molar-refractivity contribution in [3.63, 3.8) is 0 Å². The van der Waals surface area contributed by atoms with Crippen molar-refractivity contribution in [2.24, 2.45) is 5.14 Å². The molecule has 3 rings (SSSR count). The number of rotatable bonds is 7. The van der Waals surface area contributed by atoms with Gasteiger partial charge in [0.25, 0.3) is 0 Å². The molecule has 0 spiro atoms. The van der Waals surface area contributed by atoms with Gasteiger partial charge in [-0.3, -0.25) is 4.79 Å². The summed E-state index contributed by atoms with van der Waals surface area (Å²) < 4.78 is 41.5. The maximum Gasteiger partial charge on any atom is 0.238 e. The third kappa shape index (κ3) is 5.24. The van der Waals surface area contributed by atoms with E-state index in [1.807, 2.05) is 6.92 Å². The Balaban J connectivity index is 1.63. The lowest BCUT2D eigenvalue weighted by atomic mass is 10.1. The average molecular weight is 418 g/mol. The van der Waals surface area contributed by atoms with E-state index in [1.165, 1.54) is 30.3 Å². The fraction of sp³-hybridized carbons (Fsp3) is 0.211. The molecule has 1 heterocycles. The van der Waals surface area contributed by atoms with E-state index in [4.69, 9.17) is 9.66 Å². The van der Waals surface area contributed by atoms with E-state index in [-0.39, 0.29) is 35.4 Å². The van der Waals surface area contributed by atoms with Crippen LogP contribution in [-0.4, -0.2) is 24.5 Å². The zero-order chi connectivity index (χ0) is 21.0. The number of aromatic nitrogens is 2. The van der Waals surface area contributed by atoms with E-state index >= 15 is 0 Å². The summed E-state index contributed by atoms with van der Waals surface area (Å²) in [4.78, 5) is 16.4. The van der Waals surface area contributed by atoms with Gasteiger partial charge in [0.15, 0.2) is 0 Å². The standard InChI is InChI=1S/C19H19FN4O4S/c1-2-12-5-8-15(11-16(12)29(21,26)27)22-17(25)9-10-18-23-19(24-28-18)13-3-6-14(20)7-4-13/h3-8,11H,2,9-10H2,1H3,(H,22,25)(H2,21,26,27). The molecule has 0 unspecified atom stereocenters. The van der Waals surface area contributed by atoms with Gasteiger partial charge >= 0.3 is 0 Å². The highest BCUT2D eigenvalue weighted by molar-refractivity contribution is 7.89. The van der Waals surface area contributed by atoms with E-state index in [1.54, 1.807) is 12.1 Å². The second kappa shape index (κ2) is 8.50. The Morgan fingerprint density at radius 3 is 2.59 bits per heavy atom. The van der Waals surface area contributed by atoms with Gasteiger partial charge in [0.1, 0.15) is 5.82 Å². The van der Waals surface area contributed by atoms with Crippen LogP contribution in [0.3, 0.4) is 0 Å². The van der Waals surface area contributed by atoms with Crippen LogP contribution in [0.15, 0.2) is 51.9 Å². The SMILES string of the molecule is CCc1ccc(NC(=O)CCc2nc(-c3ccc(F)cc3)no2)cc1S(N)(=O)=O. The van der Waals surface area contributed by atoms with E-state index in [0.717, 1.165) is 0 Å². The van der Waals surface area contributed by atoms with Gasteiger partial charge in [-0.2, -0.15) is 4.98 Å². The molecule has 1 amide bonds. The number of hydrogen-bond acceptors (Lipinski definition) is 6. The summed E-state index contributed by atoms with van der Waals surface area (Å²) in [6, 6.07) is 10.2. The first-order chi connectivity index (χ1) is 13.8. The number of benzene rings is 2. The molecule has 0 atom stereocenters. The minimum absolute atomic E-state index is 0.0151. The molecule has 2 aromatic carbocycles. The summed E-state index contributed by atoms with van der Waals surface area (Å²) in [5.41, 5.74) is 1.50. The predicted octanol–water partition coefficient (Wildman–Crippen LogP) is 2.66. The van der Waals surface area contributed by atoms with Crippen molar-refractivity contribution in [2.75, 3.05) is 5.32 Å². The fourth-order valence-corrected chi connectivity index (χ4v) is 3.57. The molecule has 3 aromatic rings. The van der Waals surface area contributed by atoms with Crippen LogP contribution >= 0.6 is 0 Å². The Morgan fingerprint density at radius 1 is 1.21 bits per heavy atom. The van der Waals surface area contributed by atoms with Gasteiger partial charge < -0.3 is 9.84 Å². The molecule has 0 fully saturated rings. The fourth-order valence-electron chi connectivity index (χ4n) is 2.71. The Hall–Kier alpha value is -3.11. The lowest BCUT2D eigenvalue weighted by Crippen LogP contribution is -2.16. The number of hydrogen-bond donors (Lipinski definition) is 2. The molecule has 152 valence electrons. The summed E-state index contributed by atoms with van der Waals surface area (Å²) in [5.74, 6) is -0.165. The summed E-state index contributed by atoms with van der Waals surface area (Å²) in [7, 11) is -3.89. The van der Waals surface area contributed by atoms with Crippen LogP contribution in [-0.2, 0) is 27.7 Å². The third-order valence-electron chi connectivity index (χ3n) is 4.17. The van der Waals surface area contributed by atoms with Crippen molar-refractivity contribution >= 4 is 21.6 Å². The zero-order valence-electron chi connectivity index (χ0n) is 15.6. The number of carbonyl (C=O) groups excluding carboxylic acids is 1. The lowest BCUT2D eigenvalue weighted by Gasteiger charge is -2.10. The quantitative estimate of drug-likeness (QED) is 0.607. The molecule has 1 aromatic heterocycles. The van der Waals surface area contributed by atoms with Crippen LogP contribution in [0.25, 0.3) is 11.4 Å². The molecule has 0 aliphatic rings. The van der Waals surface area contributed by atoms with Crippen LogP contribution in [0, 0.1) is 5.82 Å². The highest BCUT2D eigenvalue weighted by atomic mass is 32.2. The summed E-state index contributed by atoms with van der Waals surface area (Å²) in [5, 5.41) is 11.7. The van der Waals surface area contributed by atoms with Gasteiger partial charge in [-0.05, 0) is 48.4 Å². The lowest BCUT2D eigenvalue weighted by molar-refractivity contribution is -0.116. The maximum atomic E-state index is 13.0. The number of anilines is 1. The van der Waals surface area contributed by atoms with Gasteiger partial charge in [-0.25, -0.2) is 17.9 Å². The van der Waals surface area contributed by atoms with Gasteiger partial charge in [0.05, 0.1) is 4.90 Å². The molecular formula is C19H19FN4O4S. The Kier molecular flexibility index (Phi) is 6.04. The molecule has 0 aliphatic heterocycles. The number of nitrogens with two attached hydrogens (primary N) is 1. The highest BCUT2D eigenvalue weighted by Gasteiger charge is 2.15. The van der Waals surface area contributed by atoms with Gasteiger partial charge in [-0.15, -0.1) is 0 Å². The molecule has 0 aliphatic carbocycles. The van der Waals surface area contributed by atoms with Crippen molar-refractivity contribution in [2.45, 2.75) is 31.1 Å². The van der Waals surface area contributed by atoms with Crippen LogP contribution in [0.2, 0.25) is 0 Å². The van der Waals surface area contributed by atoms with Crippen LogP contribution < -0.4 is 10.5 Å². The van der Waals surface area contributed by atoms with Gasteiger partial charge in [-0.1, -0.05) is 18.1 Å². The van der Waals surface area contributed by atoms with Crippen molar-refractivity contribution in [3.8, 4) is 11.4 Å². The smallest absolute Gasteiger partial charge is 0.238 e. The molecule has 10 heteroatoms. The van der Waals surface area contributed by atoms with Crippen molar-refractivity contribution < 1.29 is 22.1 Å². The second-order valence-corrected chi connectivity index (χ2v) is 7.82. The van der Waals surface area contributed by atoms with Crippen molar-refractivity contribution in [3.05, 3.63) is 59.7 Å². The number of amides is 1. The molecule has 8 nitrogen and oxygen atoms in total. The summed E-state index contributed by atoms with van der Waals surface area (Å²) >= 11 is 0. The highest BCUT2D eigenvalue weighted by Crippen LogP contribution is 2.21. The van der Waals surface area contributed by atoms with E-state index < -0.39 is 10.0 Å². The third-order valence-corrected chi connectivity index (χ3v) is 5.17. The van der Waals surface area contributed by atoms with E-state index in [2.05, 4.69) is 15.5 Å². The predicted molar refractivity (Wildman–Crippen MR) is 104 cm³/mol. The first-order valence-electron chi connectivity index (χ1n) is 8.80. The minimum Gasteiger partial charge on any atom is -0.339 e. The first kappa shape index (κ1) is 20.6. The Labute approximate surface area is 167 Å². The van der Waals surface area contributed by atoms with Gasteiger partial charge in [0.2, 0.25) is 27.6 Å². The van der Waals surface area contributed by atoms with Crippen molar-refractivity contribution in [1.82, 2.24) is 10.1 Å². The van der Waals surface area contributed by atoms with Crippen LogP contribution in [0.4, 0.5) is 10.1 Å². The molecule has 0 bridgehead atoms. The summed E-state index contributed by atoms with van der Waals surface area (Å²) in [6.07, 6.45) is 0.730. The second-order valence-electron chi connectivity index (χ2n) is 6.29. The number of nitrogens with zero attached hydrogens (tertiary/aromatic N) is 2. The van der Waals surface area contributed by atoms with Crippen LogP contribution in [0.5, 0.6) is 0 Å². The number of sulfonamides is 1. The zero-order valence-corrected chi connectivity index (χ0v) is 16.4. The molecule has 0 saturated heterocycles. The van der Waals surface area contributed by atoms with Gasteiger partial charge in [0, 0.05) is 24.1 Å². The van der Waals surface area contributed by atoms with E-state index in [0.29, 0.717) is 29.1 Å². The molecule has 0 saturated carbocycles. The molecule has 29 heavy (non-hydrogen) atoms. The Morgan fingerprint density at radius 2 is 1.93 bits per heavy atom. The normalized spacial score (nSPS) is 11.4. The number of primary sulfonamides is 1. The number of halogens is 1. The number of aryl methyl sites for hydroxylation is 2. The topological polar surface area (TPSA) is 128 Å². The Bertz CT molecular complexity index is 1130. The summed E-state index contributed by atoms with van der Waals surface area (Å²) in [6.45, 7) is 1.81.